The molecule has 0 bridgehead atoms. The van der Waals surface area contributed by atoms with Gasteiger partial charge in [0, 0.05) is 23.3 Å². The summed E-state index contributed by atoms with van der Waals surface area (Å²) in [6, 6.07) is 17.9. The number of pyridine rings is 1. The fourth-order valence-corrected chi connectivity index (χ4v) is 4.05. The monoisotopic (exact) mass is 475 g/mol. The molecule has 0 spiro atoms. The number of fused-ring (bicyclic) bond motifs is 2. The van der Waals surface area contributed by atoms with Gasteiger partial charge in [0.1, 0.15) is 6.54 Å². The molecule has 1 saturated carbocycles. The highest BCUT2D eigenvalue weighted by Crippen LogP contribution is 2.32. The minimum absolute atomic E-state index is 0.121. The molecule has 2 aromatic carbocycles. The van der Waals surface area contributed by atoms with Gasteiger partial charge in [0.05, 0.1) is 11.8 Å². The molecule has 176 valence electrons. The lowest BCUT2D eigenvalue weighted by atomic mass is 10.0. The molecule has 35 heavy (non-hydrogen) atoms. The third-order valence-electron chi connectivity index (χ3n) is 5.81. The summed E-state index contributed by atoms with van der Waals surface area (Å²) in [6.07, 6.45) is 0.499. The van der Waals surface area contributed by atoms with Crippen molar-refractivity contribution in [2.75, 3.05) is 10.6 Å². The van der Waals surface area contributed by atoms with Crippen LogP contribution in [0.25, 0.3) is 33.2 Å². The molecular weight excluding hydrogens is 455 g/mol. The predicted molar refractivity (Wildman–Crippen MR) is 128 cm³/mol. The molecule has 2 N–H and O–H groups in total. The topological polar surface area (TPSA) is 80.5 Å². The molecule has 3 aromatic heterocycles. The van der Waals surface area contributed by atoms with Crippen LogP contribution < -0.4 is 10.6 Å². The fraction of sp³-hybridized carbons (Fsp3) is 0.200. The number of nitrogens with zero attached hydrogens (tertiary/aromatic N) is 5. The summed E-state index contributed by atoms with van der Waals surface area (Å²) in [5, 5.41) is 7.37. The molecule has 10 heteroatoms. The predicted octanol–water partition coefficient (Wildman–Crippen LogP) is 5.92. The summed E-state index contributed by atoms with van der Waals surface area (Å²) in [7, 11) is 0. The van der Waals surface area contributed by atoms with Crippen LogP contribution in [0.15, 0.2) is 67.1 Å². The number of anilines is 3. The van der Waals surface area contributed by atoms with E-state index in [9.17, 15) is 13.2 Å². The number of imidazole rings is 1. The van der Waals surface area contributed by atoms with Gasteiger partial charge in [-0.25, -0.2) is 4.98 Å². The van der Waals surface area contributed by atoms with Gasteiger partial charge in [-0.05, 0) is 48.2 Å². The van der Waals surface area contributed by atoms with Gasteiger partial charge in [0.15, 0.2) is 17.0 Å². The van der Waals surface area contributed by atoms with Crippen LogP contribution in [0.2, 0.25) is 0 Å². The Kier molecular flexibility index (Phi) is 5.01. The van der Waals surface area contributed by atoms with Crippen LogP contribution in [0.3, 0.4) is 0 Å². The smallest absolute Gasteiger partial charge is 0.365 e. The number of benzene rings is 2. The number of aromatic nitrogens is 5. The second-order valence-electron chi connectivity index (χ2n) is 8.56. The van der Waals surface area contributed by atoms with E-state index in [4.69, 9.17) is 0 Å². The van der Waals surface area contributed by atoms with Gasteiger partial charge in [-0.3, -0.25) is 4.98 Å². The Morgan fingerprint density at radius 1 is 0.971 bits per heavy atom. The number of halogens is 3. The van der Waals surface area contributed by atoms with Gasteiger partial charge in [-0.15, -0.1) is 0 Å². The molecule has 0 aliphatic heterocycles. The Hall–Kier alpha value is -4.21. The van der Waals surface area contributed by atoms with Crippen molar-refractivity contribution in [3.63, 3.8) is 0 Å². The molecule has 1 aliphatic rings. The maximum Gasteiger partial charge on any atom is 0.406 e. The number of nitrogens with one attached hydrogen (secondary N) is 2. The zero-order valence-corrected chi connectivity index (χ0v) is 18.4. The Bertz CT molecular complexity index is 1530. The zero-order chi connectivity index (χ0) is 24.0. The van der Waals surface area contributed by atoms with Crippen molar-refractivity contribution in [1.29, 1.82) is 0 Å². The highest BCUT2D eigenvalue weighted by atomic mass is 19.4. The molecule has 1 fully saturated rings. The van der Waals surface area contributed by atoms with E-state index < -0.39 is 12.7 Å². The average Bonchev–Trinajstić information content (AvgIpc) is 3.57. The molecule has 0 radical (unpaired) electrons. The van der Waals surface area contributed by atoms with Crippen molar-refractivity contribution in [3.05, 3.63) is 67.1 Å². The molecule has 7 nitrogen and oxygen atoms in total. The van der Waals surface area contributed by atoms with E-state index in [0.717, 1.165) is 45.8 Å². The lowest BCUT2D eigenvalue weighted by Crippen LogP contribution is -2.17. The number of hydrogen-bond acceptors (Lipinski definition) is 6. The van der Waals surface area contributed by atoms with Crippen LogP contribution in [0, 0.1) is 0 Å². The summed E-state index contributed by atoms with van der Waals surface area (Å²) in [5.74, 6) is 0.613. The molecule has 0 atom stereocenters. The third-order valence-corrected chi connectivity index (χ3v) is 5.81. The van der Waals surface area contributed by atoms with E-state index in [1.165, 1.54) is 0 Å². The number of hydrogen-bond donors (Lipinski definition) is 2. The summed E-state index contributed by atoms with van der Waals surface area (Å²) >= 11 is 0. The minimum Gasteiger partial charge on any atom is -0.365 e. The Labute approximate surface area is 198 Å². The van der Waals surface area contributed by atoms with E-state index in [1.807, 2.05) is 54.6 Å². The SMILES string of the molecule is FC(F)(F)Cn1cnc2c(NC3CC3)nc(Nc3ccc4nccc(-c5ccccc5)c4c3)nc21. The van der Waals surface area contributed by atoms with Gasteiger partial charge in [-0.2, -0.15) is 23.1 Å². The first kappa shape index (κ1) is 21.3. The highest BCUT2D eigenvalue weighted by molar-refractivity contribution is 5.96. The quantitative estimate of drug-likeness (QED) is 0.317. The number of rotatable bonds is 6. The van der Waals surface area contributed by atoms with Crippen LogP contribution in [-0.4, -0.2) is 36.7 Å². The van der Waals surface area contributed by atoms with Gasteiger partial charge in [0.2, 0.25) is 5.95 Å². The lowest BCUT2D eigenvalue weighted by Gasteiger charge is -2.12. The average molecular weight is 475 g/mol. The van der Waals surface area contributed by atoms with Crippen molar-refractivity contribution in [2.45, 2.75) is 31.6 Å². The van der Waals surface area contributed by atoms with E-state index in [1.54, 1.807) is 6.20 Å². The third kappa shape index (κ3) is 4.46. The Morgan fingerprint density at radius 3 is 2.57 bits per heavy atom. The summed E-state index contributed by atoms with van der Waals surface area (Å²) < 4.78 is 40.3. The fourth-order valence-electron chi connectivity index (χ4n) is 4.05. The molecule has 6 rings (SSSR count). The first-order chi connectivity index (χ1) is 16.9. The molecule has 3 heterocycles. The standard InChI is InChI=1S/C25H20F3N7/c26-25(27,28)13-35-14-30-21-22(31-16-6-7-16)33-24(34-23(21)35)32-17-8-9-20-19(12-17)18(10-11-29-20)15-4-2-1-3-5-15/h1-5,8-12,14,16H,6-7,13H2,(H2,31,32,33,34). The molecule has 0 amide bonds. The lowest BCUT2D eigenvalue weighted by molar-refractivity contribution is -0.140. The molecule has 1 aliphatic carbocycles. The normalized spacial score (nSPS) is 13.9. The maximum absolute atomic E-state index is 13.1. The highest BCUT2D eigenvalue weighted by Gasteiger charge is 2.30. The van der Waals surface area contributed by atoms with Gasteiger partial charge in [-0.1, -0.05) is 30.3 Å². The van der Waals surface area contributed by atoms with E-state index in [-0.39, 0.29) is 17.6 Å². The van der Waals surface area contributed by atoms with Crippen molar-refractivity contribution in [2.24, 2.45) is 0 Å². The first-order valence-corrected chi connectivity index (χ1v) is 11.2. The summed E-state index contributed by atoms with van der Waals surface area (Å²) in [5.41, 5.74) is 4.04. The van der Waals surface area contributed by atoms with Gasteiger partial charge in [0.25, 0.3) is 0 Å². The summed E-state index contributed by atoms with van der Waals surface area (Å²) in [6.45, 7) is -1.18. The molecule has 0 unspecified atom stereocenters. The van der Waals surface area contributed by atoms with E-state index in [0.29, 0.717) is 17.0 Å². The molecular formula is C25H20F3N7. The van der Waals surface area contributed by atoms with Gasteiger partial charge >= 0.3 is 6.18 Å². The van der Waals surface area contributed by atoms with Crippen LogP contribution >= 0.6 is 0 Å². The van der Waals surface area contributed by atoms with Crippen molar-refractivity contribution < 1.29 is 13.2 Å². The zero-order valence-electron chi connectivity index (χ0n) is 18.4. The van der Waals surface area contributed by atoms with Gasteiger partial charge < -0.3 is 15.2 Å². The summed E-state index contributed by atoms with van der Waals surface area (Å²) in [4.78, 5) is 17.5. The Morgan fingerprint density at radius 2 is 1.80 bits per heavy atom. The van der Waals surface area contributed by atoms with Crippen LogP contribution in [0.5, 0.6) is 0 Å². The van der Waals surface area contributed by atoms with Crippen molar-refractivity contribution >= 4 is 39.5 Å². The Balaban J connectivity index is 1.41. The number of alkyl halides is 3. The maximum atomic E-state index is 13.1. The second kappa shape index (κ2) is 8.23. The minimum atomic E-state index is -4.39. The molecule has 5 aromatic rings. The second-order valence-corrected chi connectivity index (χ2v) is 8.56. The van der Waals surface area contributed by atoms with Crippen LogP contribution in [0.4, 0.5) is 30.6 Å². The first-order valence-electron chi connectivity index (χ1n) is 11.2. The molecule has 0 saturated heterocycles. The van der Waals surface area contributed by atoms with Crippen LogP contribution in [0.1, 0.15) is 12.8 Å². The van der Waals surface area contributed by atoms with E-state index in [2.05, 4.69) is 30.6 Å². The van der Waals surface area contributed by atoms with E-state index >= 15 is 0 Å². The van der Waals surface area contributed by atoms with Crippen molar-refractivity contribution in [1.82, 2.24) is 24.5 Å². The van der Waals surface area contributed by atoms with Crippen molar-refractivity contribution in [3.8, 4) is 11.1 Å². The largest absolute Gasteiger partial charge is 0.406 e. The van der Waals surface area contributed by atoms with Crippen LogP contribution in [-0.2, 0) is 6.54 Å².